The van der Waals surface area contributed by atoms with E-state index in [9.17, 15) is 0 Å². The number of nitrogens with two attached hydrogens (primary N) is 1. The molecule has 2 unspecified atom stereocenters. The topological polar surface area (TPSA) is 60.2 Å². The molecule has 2 rings (SSSR count). The van der Waals surface area contributed by atoms with E-state index in [-0.39, 0.29) is 11.5 Å². The van der Waals surface area contributed by atoms with Crippen LogP contribution in [0.2, 0.25) is 0 Å². The lowest BCUT2D eigenvalue weighted by Gasteiger charge is -2.17. The molecule has 20 heavy (non-hydrogen) atoms. The Kier molecular flexibility index (Phi) is 5.55. The van der Waals surface area contributed by atoms with E-state index in [2.05, 4.69) is 31.6 Å². The van der Waals surface area contributed by atoms with Crippen LogP contribution in [0.3, 0.4) is 0 Å². The van der Waals surface area contributed by atoms with Gasteiger partial charge >= 0.3 is 0 Å². The van der Waals surface area contributed by atoms with Gasteiger partial charge in [-0.05, 0) is 25.7 Å². The minimum atomic E-state index is 0.123. The first kappa shape index (κ1) is 15.9. The van der Waals surface area contributed by atoms with Crippen molar-refractivity contribution in [3.05, 3.63) is 16.1 Å². The van der Waals surface area contributed by atoms with Crippen LogP contribution in [0, 0.1) is 0 Å². The van der Waals surface area contributed by atoms with Crippen molar-refractivity contribution >= 4 is 11.3 Å². The molecule has 0 bridgehead atoms. The van der Waals surface area contributed by atoms with Gasteiger partial charge in [0.1, 0.15) is 0 Å². The normalized spacial score (nSPS) is 21.3. The molecule has 1 aromatic rings. The average Bonchev–Trinajstić information content (AvgIpc) is 3.04. The number of hydrogen-bond acceptors (Lipinski definition) is 5. The zero-order valence-electron chi connectivity index (χ0n) is 12.8. The van der Waals surface area contributed by atoms with Crippen molar-refractivity contribution in [2.24, 2.45) is 5.84 Å². The molecule has 1 aromatic heterocycles. The Labute approximate surface area is 126 Å². The Balaban J connectivity index is 1.84. The largest absolute Gasteiger partial charge is 0.378 e. The van der Waals surface area contributed by atoms with E-state index in [0.29, 0.717) is 6.10 Å². The van der Waals surface area contributed by atoms with Gasteiger partial charge in [-0.2, -0.15) is 0 Å². The fourth-order valence-electron chi connectivity index (χ4n) is 2.46. The SMILES string of the molecule is CC(C)(C)c1csc(CC(CCC2CCCO2)NN)n1. The quantitative estimate of drug-likeness (QED) is 0.626. The Morgan fingerprint density at radius 1 is 1.55 bits per heavy atom. The van der Waals surface area contributed by atoms with E-state index in [1.165, 1.54) is 23.5 Å². The molecule has 0 amide bonds. The highest BCUT2D eigenvalue weighted by Gasteiger charge is 2.20. The van der Waals surface area contributed by atoms with Gasteiger partial charge in [-0.25, -0.2) is 4.98 Å². The minimum absolute atomic E-state index is 0.123. The second-order valence-electron chi connectivity index (χ2n) is 6.66. The summed E-state index contributed by atoms with van der Waals surface area (Å²) in [6, 6.07) is 0.290. The number of hydrazine groups is 1. The summed E-state index contributed by atoms with van der Waals surface area (Å²) in [4.78, 5) is 4.74. The summed E-state index contributed by atoms with van der Waals surface area (Å²) in [5.74, 6) is 5.68. The predicted octanol–water partition coefficient (Wildman–Crippen LogP) is 2.77. The highest BCUT2D eigenvalue weighted by Crippen LogP contribution is 2.25. The smallest absolute Gasteiger partial charge is 0.0944 e. The summed E-state index contributed by atoms with van der Waals surface area (Å²) < 4.78 is 5.67. The molecule has 5 heteroatoms. The molecule has 114 valence electrons. The van der Waals surface area contributed by atoms with Crippen molar-refractivity contribution in [2.45, 2.75) is 70.4 Å². The van der Waals surface area contributed by atoms with Gasteiger partial charge in [0.05, 0.1) is 16.8 Å². The second-order valence-corrected chi connectivity index (χ2v) is 7.60. The molecule has 1 fully saturated rings. The first-order valence-corrected chi connectivity index (χ1v) is 8.39. The molecule has 1 saturated heterocycles. The third-order valence-electron chi connectivity index (χ3n) is 3.84. The lowest BCUT2D eigenvalue weighted by Crippen LogP contribution is -2.37. The number of thiazole rings is 1. The van der Waals surface area contributed by atoms with Crippen molar-refractivity contribution in [1.29, 1.82) is 0 Å². The molecule has 2 atom stereocenters. The molecule has 0 aromatic carbocycles. The van der Waals surface area contributed by atoms with Crippen molar-refractivity contribution in [3.63, 3.8) is 0 Å². The summed E-state index contributed by atoms with van der Waals surface area (Å²) in [5, 5.41) is 3.34. The first-order valence-electron chi connectivity index (χ1n) is 7.51. The van der Waals surface area contributed by atoms with Crippen LogP contribution in [0.25, 0.3) is 0 Å². The van der Waals surface area contributed by atoms with Crippen LogP contribution in [0.4, 0.5) is 0 Å². The Bertz CT molecular complexity index is 407. The van der Waals surface area contributed by atoms with E-state index in [0.717, 1.165) is 25.9 Å². The van der Waals surface area contributed by atoms with Crippen LogP contribution in [0.15, 0.2) is 5.38 Å². The van der Waals surface area contributed by atoms with Gasteiger partial charge in [0.15, 0.2) is 0 Å². The highest BCUT2D eigenvalue weighted by molar-refractivity contribution is 7.09. The summed E-state index contributed by atoms with van der Waals surface area (Å²) in [6.45, 7) is 7.51. The number of rotatable bonds is 6. The molecule has 2 heterocycles. The molecule has 0 saturated carbocycles. The fraction of sp³-hybridized carbons (Fsp3) is 0.800. The monoisotopic (exact) mass is 297 g/mol. The van der Waals surface area contributed by atoms with E-state index in [1.807, 2.05) is 0 Å². The van der Waals surface area contributed by atoms with Crippen LogP contribution in [0.1, 0.15) is 57.2 Å². The van der Waals surface area contributed by atoms with Gasteiger partial charge in [0.25, 0.3) is 0 Å². The minimum Gasteiger partial charge on any atom is -0.378 e. The third kappa shape index (κ3) is 4.52. The lowest BCUT2D eigenvalue weighted by atomic mass is 9.93. The number of hydrogen-bond donors (Lipinski definition) is 2. The summed E-state index contributed by atoms with van der Waals surface area (Å²) in [5.41, 5.74) is 4.23. The van der Waals surface area contributed by atoms with Gasteiger partial charge in [-0.1, -0.05) is 20.8 Å². The zero-order valence-corrected chi connectivity index (χ0v) is 13.6. The summed E-state index contributed by atoms with van der Waals surface area (Å²) in [6.07, 6.45) is 5.88. The standard InChI is InChI=1S/C15H27N3OS/c1-15(2,3)13-10-20-14(17-13)9-11(18-16)6-7-12-5-4-8-19-12/h10-12,18H,4-9,16H2,1-3H3. The Morgan fingerprint density at radius 2 is 2.35 bits per heavy atom. The molecule has 0 spiro atoms. The average molecular weight is 297 g/mol. The van der Waals surface area contributed by atoms with E-state index < -0.39 is 0 Å². The first-order chi connectivity index (χ1) is 9.49. The van der Waals surface area contributed by atoms with E-state index in [4.69, 9.17) is 15.6 Å². The second kappa shape index (κ2) is 6.98. The number of nitrogens with zero attached hydrogens (tertiary/aromatic N) is 1. The molecule has 3 N–H and O–H groups in total. The van der Waals surface area contributed by atoms with Crippen LogP contribution < -0.4 is 11.3 Å². The third-order valence-corrected chi connectivity index (χ3v) is 4.71. The molecule has 0 radical (unpaired) electrons. The van der Waals surface area contributed by atoms with Gasteiger partial charge in [0, 0.05) is 29.9 Å². The predicted molar refractivity (Wildman–Crippen MR) is 83.8 cm³/mol. The van der Waals surface area contributed by atoms with Gasteiger partial charge in [-0.15, -0.1) is 11.3 Å². The van der Waals surface area contributed by atoms with E-state index >= 15 is 0 Å². The molecule has 4 nitrogen and oxygen atoms in total. The maximum atomic E-state index is 5.68. The van der Waals surface area contributed by atoms with E-state index in [1.54, 1.807) is 11.3 Å². The van der Waals surface area contributed by atoms with Crippen molar-refractivity contribution in [1.82, 2.24) is 10.4 Å². The van der Waals surface area contributed by atoms with Crippen molar-refractivity contribution in [3.8, 4) is 0 Å². The Morgan fingerprint density at radius 3 is 2.90 bits per heavy atom. The summed E-state index contributed by atoms with van der Waals surface area (Å²) >= 11 is 1.74. The summed E-state index contributed by atoms with van der Waals surface area (Å²) in [7, 11) is 0. The maximum Gasteiger partial charge on any atom is 0.0944 e. The number of aromatic nitrogens is 1. The maximum absolute atomic E-state index is 5.68. The van der Waals surface area contributed by atoms with Crippen LogP contribution in [-0.4, -0.2) is 23.7 Å². The van der Waals surface area contributed by atoms with Crippen molar-refractivity contribution < 1.29 is 4.74 Å². The fourth-order valence-corrected chi connectivity index (χ4v) is 3.57. The highest BCUT2D eigenvalue weighted by atomic mass is 32.1. The van der Waals surface area contributed by atoms with Crippen LogP contribution >= 0.6 is 11.3 Å². The number of nitrogens with one attached hydrogen (secondary N) is 1. The van der Waals surface area contributed by atoms with Crippen LogP contribution in [0.5, 0.6) is 0 Å². The Hall–Kier alpha value is -0.490. The molecule has 0 aliphatic carbocycles. The number of ether oxygens (including phenoxy) is 1. The lowest BCUT2D eigenvalue weighted by molar-refractivity contribution is 0.0996. The molecule has 1 aliphatic rings. The zero-order chi connectivity index (χ0) is 14.6. The van der Waals surface area contributed by atoms with Crippen LogP contribution in [-0.2, 0) is 16.6 Å². The molecular weight excluding hydrogens is 270 g/mol. The van der Waals surface area contributed by atoms with Crippen molar-refractivity contribution in [2.75, 3.05) is 6.61 Å². The molecular formula is C15H27N3OS. The van der Waals surface area contributed by atoms with Gasteiger partial charge in [-0.3, -0.25) is 11.3 Å². The van der Waals surface area contributed by atoms with Gasteiger partial charge in [0.2, 0.25) is 0 Å². The molecule has 1 aliphatic heterocycles. The van der Waals surface area contributed by atoms with Gasteiger partial charge < -0.3 is 4.74 Å².